The van der Waals surface area contributed by atoms with Gasteiger partial charge in [0.2, 0.25) is 0 Å². The van der Waals surface area contributed by atoms with E-state index in [0.29, 0.717) is 5.69 Å². The van der Waals surface area contributed by atoms with E-state index >= 15 is 0 Å². The Bertz CT molecular complexity index is 835. The largest absolute Gasteiger partial charge is 0.477 e. The van der Waals surface area contributed by atoms with Crippen molar-refractivity contribution >= 4 is 27.5 Å². The van der Waals surface area contributed by atoms with E-state index in [-0.39, 0.29) is 16.6 Å². The molecule has 0 fully saturated rings. The maximum atomic E-state index is 13.4. The summed E-state index contributed by atoms with van der Waals surface area (Å²) in [5.41, 5.74) is 1.41. The summed E-state index contributed by atoms with van der Waals surface area (Å²) in [5.74, 6) is -1.16. The molecule has 0 amide bonds. The monoisotopic (exact) mass is 304 g/mol. The fourth-order valence-electron chi connectivity index (χ4n) is 2.24. The van der Waals surface area contributed by atoms with Gasteiger partial charge in [-0.15, -0.1) is 11.3 Å². The first-order chi connectivity index (χ1) is 9.97. The Morgan fingerprint density at radius 2 is 2.14 bits per heavy atom. The van der Waals surface area contributed by atoms with Crippen LogP contribution in [0.25, 0.3) is 15.9 Å². The van der Waals surface area contributed by atoms with Gasteiger partial charge in [0.15, 0.2) is 0 Å². The van der Waals surface area contributed by atoms with Crippen LogP contribution in [0.1, 0.15) is 35.1 Å². The van der Waals surface area contributed by atoms with Crippen LogP contribution in [0.3, 0.4) is 0 Å². The summed E-state index contributed by atoms with van der Waals surface area (Å²) in [4.78, 5) is 12.2. The van der Waals surface area contributed by atoms with Crippen molar-refractivity contribution in [3.63, 3.8) is 0 Å². The number of nitrogens with zero attached hydrogens (tertiary/aromatic N) is 2. The molecule has 2 aromatic heterocycles. The van der Waals surface area contributed by atoms with Crippen LogP contribution in [0, 0.1) is 5.82 Å². The normalized spacial score (nSPS) is 11.4. The summed E-state index contributed by atoms with van der Waals surface area (Å²) in [5, 5.41) is 14.5. The third-order valence-corrected chi connectivity index (χ3v) is 4.30. The van der Waals surface area contributed by atoms with E-state index < -0.39 is 5.97 Å². The van der Waals surface area contributed by atoms with E-state index in [1.165, 1.54) is 12.1 Å². The van der Waals surface area contributed by atoms with Gasteiger partial charge in [-0.25, -0.2) is 13.9 Å². The van der Waals surface area contributed by atoms with Gasteiger partial charge >= 0.3 is 5.97 Å². The third kappa shape index (κ3) is 2.31. The SMILES string of the molecule is CC(C)c1nn(-c2cccc(F)c2)c2sc(C(=O)O)cc12. The molecule has 0 aliphatic rings. The van der Waals surface area contributed by atoms with Crippen LogP contribution in [-0.4, -0.2) is 20.9 Å². The molecule has 108 valence electrons. The smallest absolute Gasteiger partial charge is 0.345 e. The topological polar surface area (TPSA) is 55.1 Å². The molecule has 6 heteroatoms. The van der Waals surface area contributed by atoms with Crippen molar-refractivity contribution in [3.05, 3.63) is 46.7 Å². The summed E-state index contributed by atoms with van der Waals surface area (Å²) < 4.78 is 15.0. The molecule has 1 N–H and O–H groups in total. The van der Waals surface area contributed by atoms with E-state index in [0.717, 1.165) is 27.2 Å². The van der Waals surface area contributed by atoms with Gasteiger partial charge in [0, 0.05) is 5.39 Å². The Labute approximate surface area is 124 Å². The number of benzene rings is 1. The molecule has 0 saturated heterocycles. The number of hydrogen-bond acceptors (Lipinski definition) is 3. The van der Waals surface area contributed by atoms with Crippen LogP contribution in [0.2, 0.25) is 0 Å². The number of hydrogen-bond donors (Lipinski definition) is 1. The van der Waals surface area contributed by atoms with Crippen LogP contribution in [0.5, 0.6) is 0 Å². The van der Waals surface area contributed by atoms with Gasteiger partial charge in [-0.3, -0.25) is 0 Å². The molecule has 1 aromatic carbocycles. The molecule has 3 rings (SSSR count). The number of fused-ring (bicyclic) bond motifs is 1. The number of carboxylic acids is 1. The van der Waals surface area contributed by atoms with Gasteiger partial charge < -0.3 is 5.11 Å². The molecule has 4 nitrogen and oxygen atoms in total. The molecule has 0 aliphatic carbocycles. The van der Waals surface area contributed by atoms with Crippen molar-refractivity contribution in [2.45, 2.75) is 19.8 Å². The first-order valence-electron chi connectivity index (χ1n) is 6.49. The Kier molecular flexibility index (Phi) is 3.25. The van der Waals surface area contributed by atoms with Gasteiger partial charge in [0.05, 0.1) is 11.4 Å². The van der Waals surface area contributed by atoms with Crippen LogP contribution < -0.4 is 0 Å². The van der Waals surface area contributed by atoms with Gasteiger partial charge in [0.25, 0.3) is 0 Å². The molecule has 0 radical (unpaired) electrons. The molecule has 0 bridgehead atoms. The molecule has 0 saturated carbocycles. The molecular weight excluding hydrogens is 291 g/mol. The summed E-state index contributed by atoms with van der Waals surface area (Å²) in [6.07, 6.45) is 0. The highest BCUT2D eigenvalue weighted by atomic mass is 32.1. The van der Waals surface area contributed by atoms with Gasteiger partial charge in [0.1, 0.15) is 15.5 Å². The summed E-state index contributed by atoms with van der Waals surface area (Å²) in [6, 6.07) is 7.75. The van der Waals surface area contributed by atoms with E-state index in [1.54, 1.807) is 22.9 Å². The van der Waals surface area contributed by atoms with Gasteiger partial charge in [-0.05, 0) is 30.2 Å². The van der Waals surface area contributed by atoms with E-state index in [2.05, 4.69) is 5.10 Å². The number of aromatic carboxylic acids is 1. The van der Waals surface area contributed by atoms with Crippen molar-refractivity contribution in [2.24, 2.45) is 0 Å². The highest BCUT2D eigenvalue weighted by Crippen LogP contribution is 2.33. The minimum Gasteiger partial charge on any atom is -0.477 e. The molecule has 21 heavy (non-hydrogen) atoms. The lowest BCUT2D eigenvalue weighted by atomic mass is 10.1. The lowest BCUT2D eigenvalue weighted by Gasteiger charge is -2.03. The number of rotatable bonds is 3. The average molecular weight is 304 g/mol. The van der Waals surface area contributed by atoms with Crippen LogP contribution in [-0.2, 0) is 0 Å². The quantitative estimate of drug-likeness (QED) is 0.794. The van der Waals surface area contributed by atoms with Gasteiger partial charge in [-0.2, -0.15) is 5.10 Å². The minimum absolute atomic E-state index is 0.151. The Balaban J connectivity index is 2.29. The Morgan fingerprint density at radius 3 is 2.76 bits per heavy atom. The number of carbonyl (C=O) groups is 1. The second-order valence-electron chi connectivity index (χ2n) is 5.07. The van der Waals surface area contributed by atoms with Crippen molar-refractivity contribution in [3.8, 4) is 5.69 Å². The number of aromatic nitrogens is 2. The minimum atomic E-state index is -0.961. The first kappa shape index (κ1) is 13.8. The predicted molar refractivity (Wildman–Crippen MR) is 80.0 cm³/mol. The predicted octanol–water partition coefficient (Wildman–Crippen LogP) is 4.05. The fourth-order valence-corrected chi connectivity index (χ4v) is 3.22. The maximum Gasteiger partial charge on any atom is 0.345 e. The van der Waals surface area contributed by atoms with Crippen LogP contribution >= 0.6 is 11.3 Å². The summed E-state index contributed by atoms with van der Waals surface area (Å²) in [7, 11) is 0. The summed E-state index contributed by atoms with van der Waals surface area (Å²) >= 11 is 1.15. The van der Waals surface area contributed by atoms with E-state index in [4.69, 9.17) is 5.11 Å². The van der Waals surface area contributed by atoms with E-state index in [9.17, 15) is 9.18 Å². The van der Waals surface area contributed by atoms with Crippen molar-refractivity contribution in [1.29, 1.82) is 0 Å². The van der Waals surface area contributed by atoms with Crippen molar-refractivity contribution < 1.29 is 14.3 Å². The lowest BCUT2D eigenvalue weighted by Crippen LogP contribution is -1.99. The van der Waals surface area contributed by atoms with Crippen molar-refractivity contribution in [1.82, 2.24) is 9.78 Å². The zero-order valence-electron chi connectivity index (χ0n) is 11.5. The van der Waals surface area contributed by atoms with Crippen molar-refractivity contribution in [2.75, 3.05) is 0 Å². The molecule has 0 atom stereocenters. The zero-order valence-corrected chi connectivity index (χ0v) is 12.3. The second-order valence-corrected chi connectivity index (χ2v) is 6.10. The van der Waals surface area contributed by atoms with Crippen LogP contribution in [0.4, 0.5) is 4.39 Å². The molecule has 3 aromatic rings. The fraction of sp³-hybridized carbons (Fsp3) is 0.200. The highest BCUT2D eigenvalue weighted by molar-refractivity contribution is 7.20. The molecular formula is C15H13FN2O2S. The third-order valence-electron chi connectivity index (χ3n) is 3.20. The standard InChI is InChI=1S/C15H13FN2O2S/c1-8(2)13-11-7-12(15(19)20)21-14(11)18(17-13)10-5-3-4-9(16)6-10/h3-8H,1-2H3,(H,19,20). The van der Waals surface area contributed by atoms with E-state index in [1.807, 2.05) is 13.8 Å². The highest BCUT2D eigenvalue weighted by Gasteiger charge is 2.20. The maximum absolute atomic E-state index is 13.4. The van der Waals surface area contributed by atoms with Crippen LogP contribution in [0.15, 0.2) is 30.3 Å². The molecule has 0 aliphatic heterocycles. The number of thiophene rings is 1. The number of carboxylic acid groups (broad SMARTS) is 1. The lowest BCUT2D eigenvalue weighted by molar-refractivity contribution is 0.0702. The second kappa shape index (κ2) is 4.96. The molecule has 0 unspecified atom stereocenters. The Morgan fingerprint density at radius 1 is 1.38 bits per heavy atom. The summed E-state index contributed by atoms with van der Waals surface area (Å²) in [6.45, 7) is 3.99. The Hall–Kier alpha value is -2.21. The zero-order chi connectivity index (χ0) is 15.1. The van der Waals surface area contributed by atoms with Gasteiger partial charge in [-0.1, -0.05) is 19.9 Å². The number of halogens is 1. The molecule has 2 heterocycles. The average Bonchev–Trinajstić information content (AvgIpc) is 2.96. The molecule has 0 spiro atoms. The first-order valence-corrected chi connectivity index (χ1v) is 7.30.